The van der Waals surface area contributed by atoms with E-state index in [0.717, 1.165) is 17.7 Å². The van der Waals surface area contributed by atoms with Gasteiger partial charge in [0.25, 0.3) is 0 Å². The smallest absolute Gasteiger partial charge is 0.377 e. The molecule has 1 heterocycles. The fourth-order valence-corrected chi connectivity index (χ4v) is 3.01. The molecule has 0 aliphatic carbocycles. The number of carbonyl (C=O) groups excluding carboxylic acids is 1. The number of rotatable bonds is 7. The lowest BCUT2D eigenvalue weighted by atomic mass is 10.0. The molecule has 0 aliphatic rings. The predicted octanol–water partition coefficient (Wildman–Crippen LogP) is 4.56. The minimum Gasteiger partial charge on any atom is -0.377 e. The van der Waals surface area contributed by atoms with E-state index in [1.807, 2.05) is 37.8 Å². The molecule has 0 saturated heterocycles. The van der Waals surface area contributed by atoms with Gasteiger partial charge in [-0.1, -0.05) is 29.8 Å². The highest BCUT2D eigenvalue weighted by Gasteiger charge is 2.31. The molecule has 0 N–H and O–H groups in total. The van der Waals surface area contributed by atoms with Crippen LogP contribution in [0.15, 0.2) is 54.7 Å². The number of carbonyl (C=O) groups is 1. The average molecular weight is 429 g/mol. The first-order chi connectivity index (χ1) is 14.7. The van der Waals surface area contributed by atoms with E-state index in [0.29, 0.717) is 18.8 Å². The van der Waals surface area contributed by atoms with Gasteiger partial charge in [0.2, 0.25) is 0 Å². The van der Waals surface area contributed by atoms with Crippen LogP contribution in [0.25, 0.3) is 11.3 Å². The summed E-state index contributed by atoms with van der Waals surface area (Å²) in [6.07, 6.45) is -2.96. The summed E-state index contributed by atoms with van der Waals surface area (Å²) >= 11 is 0. The SMILES string of the molecule is CCN(C=C(C(=O)c1cccc(C(F)(F)F)c1)c1nnnn1-c1ccc(C)cc1)CC. The Bertz CT molecular complexity index is 1080. The van der Waals surface area contributed by atoms with Crippen molar-refractivity contribution in [2.24, 2.45) is 0 Å². The number of aryl methyl sites for hydroxylation is 1. The summed E-state index contributed by atoms with van der Waals surface area (Å²) < 4.78 is 40.9. The summed E-state index contributed by atoms with van der Waals surface area (Å²) in [6, 6.07) is 11.7. The molecule has 0 radical (unpaired) electrons. The Morgan fingerprint density at radius 2 is 1.77 bits per heavy atom. The third-order valence-corrected chi connectivity index (χ3v) is 4.81. The standard InChI is InChI=1S/C22H22F3N5O/c1-4-29(5-2)14-19(20(31)16-7-6-8-17(13-16)22(23,24)25)21-26-27-28-30(21)18-11-9-15(3)10-12-18/h6-14H,4-5H2,1-3H3. The van der Waals surface area contributed by atoms with Crippen LogP contribution < -0.4 is 0 Å². The van der Waals surface area contributed by atoms with Crippen LogP contribution in [0.1, 0.15) is 41.2 Å². The Hall–Kier alpha value is -3.49. The van der Waals surface area contributed by atoms with Crippen molar-refractivity contribution in [1.82, 2.24) is 25.1 Å². The molecule has 3 rings (SSSR count). The van der Waals surface area contributed by atoms with Gasteiger partial charge in [-0.3, -0.25) is 4.79 Å². The van der Waals surface area contributed by atoms with Crippen LogP contribution in [0.4, 0.5) is 13.2 Å². The topological polar surface area (TPSA) is 63.9 Å². The van der Waals surface area contributed by atoms with E-state index in [2.05, 4.69) is 15.5 Å². The maximum absolute atomic E-state index is 13.4. The second kappa shape index (κ2) is 9.11. The largest absolute Gasteiger partial charge is 0.416 e. The van der Waals surface area contributed by atoms with Crippen LogP contribution in [0.3, 0.4) is 0 Å². The molecular weight excluding hydrogens is 407 g/mol. The molecule has 6 nitrogen and oxygen atoms in total. The lowest BCUT2D eigenvalue weighted by Gasteiger charge is -2.18. The van der Waals surface area contributed by atoms with Crippen LogP contribution in [0, 0.1) is 6.92 Å². The quantitative estimate of drug-likeness (QED) is 0.407. The second-order valence-electron chi connectivity index (χ2n) is 6.92. The fraction of sp³-hybridized carbons (Fsp3) is 0.273. The highest BCUT2D eigenvalue weighted by Crippen LogP contribution is 2.31. The number of ketones is 1. The summed E-state index contributed by atoms with van der Waals surface area (Å²) in [5, 5.41) is 11.7. The molecule has 0 atom stereocenters. The molecule has 0 fully saturated rings. The number of nitrogens with zero attached hydrogens (tertiary/aromatic N) is 5. The molecule has 0 unspecified atom stereocenters. The third kappa shape index (κ3) is 4.99. The van der Waals surface area contributed by atoms with Crippen LogP contribution in [-0.2, 0) is 6.18 Å². The van der Waals surface area contributed by atoms with Gasteiger partial charge in [-0.2, -0.15) is 17.9 Å². The number of aromatic nitrogens is 4. The summed E-state index contributed by atoms with van der Waals surface area (Å²) in [7, 11) is 0. The monoisotopic (exact) mass is 429 g/mol. The molecule has 0 saturated carbocycles. The van der Waals surface area contributed by atoms with Gasteiger partial charge in [0.05, 0.1) is 16.8 Å². The maximum Gasteiger partial charge on any atom is 0.416 e. The molecule has 2 aromatic carbocycles. The van der Waals surface area contributed by atoms with E-state index < -0.39 is 17.5 Å². The molecular formula is C22H22F3N5O. The van der Waals surface area contributed by atoms with Crippen molar-refractivity contribution in [3.63, 3.8) is 0 Å². The summed E-state index contributed by atoms with van der Waals surface area (Å²) in [6.45, 7) is 6.96. The van der Waals surface area contributed by atoms with Crippen LogP contribution in [0.2, 0.25) is 0 Å². The number of tetrazole rings is 1. The van der Waals surface area contributed by atoms with Crippen molar-refractivity contribution in [3.8, 4) is 5.69 Å². The van der Waals surface area contributed by atoms with Crippen LogP contribution >= 0.6 is 0 Å². The van der Waals surface area contributed by atoms with Gasteiger partial charge >= 0.3 is 6.18 Å². The molecule has 31 heavy (non-hydrogen) atoms. The molecule has 0 aliphatic heterocycles. The van der Waals surface area contributed by atoms with Gasteiger partial charge < -0.3 is 4.90 Å². The molecule has 162 valence electrons. The van der Waals surface area contributed by atoms with Gasteiger partial charge in [0.15, 0.2) is 11.6 Å². The number of halogens is 3. The lowest BCUT2D eigenvalue weighted by molar-refractivity contribution is -0.137. The van der Waals surface area contributed by atoms with Crippen molar-refractivity contribution >= 4 is 11.4 Å². The average Bonchev–Trinajstić information content (AvgIpc) is 3.24. The Labute approximate surface area is 178 Å². The molecule has 0 bridgehead atoms. The number of benzene rings is 2. The summed E-state index contributed by atoms with van der Waals surface area (Å²) in [5.41, 5.74) is 0.796. The number of alkyl halides is 3. The van der Waals surface area contributed by atoms with E-state index in [-0.39, 0.29) is 17.0 Å². The number of allylic oxidation sites excluding steroid dienone is 1. The summed E-state index contributed by atoms with van der Waals surface area (Å²) in [4.78, 5) is 15.2. The van der Waals surface area contributed by atoms with E-state index in [4.69, 9.17) is 0 Å². The molecule has 9 heteroatoms. The number of Topliss-reactive ketones (excluding diaryl/α,β-unsaturated/α-hetero) is 1. The van der Waals surface area contributed by atoms with Crippen molar-refractivity contribution in [2.75, 3.05) is 13.1 Å². The van der Waals surface area contributed by atoms with Gasteiger partial charge in [-0.15, -0.1) is 5.10 Å². The van der Waals surface area contributed by atoms with Crippen molar-refractivity contribution in [3.05, 3.63) is 77.2 Å². The minimum absolute atomic E-state index is 0.0910. The second-order valence-corrected chi connectivity index (χ2v) is 6.92. The molecule has 0 amide bonds. The van der Waals surface area contributed by atoms with Crippen molar-refractivity contribution in [1.29, 1.82) is 0 Å². The first-order valence-corrected chi connectivity index (χ1v) is 9.78. The van der Waals surface area contributed by atoms with E-state index in [1.54, 1.807) is 18.3 Å². The lowest BCUT2D eigenvalue weighted by Crippen LogP contribution is -2.19. The van der Waals surface area contributed by atoms with Crippen molar-refractivity contribution in [2.45, 2.75) is 26.9 Å². The van der Waals surface area contributed by atoms with Gasteiger partial charge in [-0.25, -0.2) is 0 Å². The highest BCUT2D eigenvalue weighted by atomic mass is 19.4. The van der Waals surface area contributed by atoms with E-state index in [9.17, 15) is 18.0 Å². The fourth-order valence-electron chi connectivity index (χ4n) is 3.01. The Morgan fingerprint density at radius 1 is 1.10 bits per heavy atom. The third-order valence-electron chi connectivity index (χ3n) is 4.81. The van der Waals surface area contributed by atoms with Crippen LogP contribution in [-0.4, -0.2) is 44.0 Å². The molecule has 1 aromatic heterocycles. The normalized spacial score (nSPS) is 12.1. The minimum atomic E-state index is -4.55. The molecule has 0 spiro atoms. The highest BCUT2D eigenvalue weighted by molar-refractivity contribution is 6.28. The Morgan fingerprint density at radius 3 is 2.39 bits per heavy atom. The van der Waals surface area contributed by atoms with E-state index >= 15 is 0 Å². The zero-order valence-corrected chi connectivity index (χ0v) is 17.4. The predicted molar refractivity (Wildman–Crippen MR) is 111 cm³/mol. The first-order valence-electron chi connectivity index (χ1n) is 9.78. The van der Waals surface area contributed by atoms with E-state index in [1.165, 1.54) is 16.8 Å². The Kier molecular flexibility index (Phi) is 6.53. The zero-order chi connectivity index (χ0) is 22.6. The number of hydrogen-bond donors (Lipinski definition) is 0. The molecule has 3 aromatic rings. The zero-order valence-electron chi connectivity index (χ0n) is 17.4. The van der Waals surface area contributed by atoms with Crippen molar-refractivity contribution < 1.29 is 18.0 Å². The van der Waals surface area contributed by atoms with Gasteiger partial charge in [0.1, 0.15) is 0 Å². The summed E-state index contributed by atoms with van der Waals surface area (Å²) in [5.74, 6) is -0.445. The maximum atomic E-state index is 13.4. The van der Waals surface area contributed by atoms with Gasteiger partial charge in [0, 0.05) is 24.9 Å². The van der Waals surface area contributed by atoms with Crippen LogP contribution in [0.5, 0.6) is 0 Å². The first kappa shape index (κ1) is 22.2. The number of hydrogen-bond acceptors (Lipinski definition) is 5. The van der Waals surface area contributed by atoms with Gasteiger partial charge in [-0.05, 0) is 55.5 Å². The Balaban J connectivity index is 2.13.